The molecule has 1 amide bonds. The number of ether oxygens (including phenoxy) is 1. The van der Waals surface area contributed by atoms with Crippen molar-refractivity contribution < 1.29 is 19.4 Å². The number of fused-ring (bicyclic) bond motifs is 2. The van der Waals surface area contributed by atoms with Crippen molar-refractivity contribution in [3.8, 4) is 11.8 Å². The molecule has 0 unspecified atom stereocenters. The molecule has 2 fully saturated rings. The SMILES string of the molecule is CN(C)CC1(COc2nc3c(c(N4CCCCC(=O)C4)n2)CN(C(=O)c2cc(O)cc4cccc(I)c24)C3)CC1. The largest absolute Gasteiger partial charge is 0.508 e. The zero-order valence-electron chi connectivity index (χ0n) is 23.0. The monoisotopic (exact) mass is 655 g/mol. The Balaban J connectivity index is 1.33. The number of carbonyl (C=O) groups is 2. The van der Waals surface area contributed by atoms with E-state index in [4.69, 9.17) is 14.7 Å². The Kier molecular flexibility index (Phi) is 7.32. The normalized spacial score (nSPS) is 18.2. The van der Waals surface area contributed by atoms with Crippen LogP contribution >= 0.6 is 22.6 Å². The standard InChI is InChI=1S/C30H34IN5O4/c1-34(2)17-30(9-10-30)18-40-29-32-25-16-36(15-23(25)27(33-29)35-11-4-3-7-20(37)14-35)28(39)22-13-21(38)12-19-6-5-8-24(31)26(19)22/h5-6,8,12-13,38H,3-4,7,9-11,14-18H2,1-2H3. The molecule has 40 heavy (non-hydrogen) atoms. The maximum absolute atomic E-state index is 13.9. The number of Topliss-reactive ketones (excluding diaryl/α,β-unsaturated/α-hetero) is 1. The summed E-state index contributed by atoms with van der Waals surface area (Å²) in [6.45, 7) is 3.16. The highest BCUT2D eigenvalue weighted by Gasteiger charge is 2.44. The van der Waals surface area contributed by atoms with E-state index in [-0.39, 0.29) is 22.9 Å². The summed E-state index contributed by atoms with van der Waals surface area (Å²) in [6, 6.07) is 9.31. The van der Waals surface area contributed by atoms with Crippen LogP contribution in [0, 0.1) is 8.99 Å². The fourth-order valence-electron chi connectivity index (χ4n) is 5.98. The van der Waals surface area contributed by atoms with Crippen molar-refractivity contribution >= 4 is 50.9 Å². The molecule has 3 aromatic rings. The lowest BCUT2D eigenvalue weighted by atomic mass is 10.0. The van der Waals surface area contributed by atoms with Crippen LogP contribution in [0.15, 0.2) is 30.3 Å². The number of nitrogens with zero attached hydrogens (tertiary/aromatic N) is 5. The molecule has 0 bridgehead atoms. The van der Waals surface area contributed by atoms with Crippen LogP contribution in [0.25, 0.3) is 10.8 Å². The molecule has 1 aromatic heterocycles. The van der Waals surface area contributed by atoms with Gasteiger partial charge >= 0.3 is 6.01 Å². The van der Waals surface area contributed by atoms with Gasteiger partial charge in [0, 0.05) is 39.4 Å². The minimum absolute atomic E-state index is 0.0561. The highest BCUT2D eigenvalue weighted by molar-refractivity contribution is 14.1. The average molecular weight is 656 g/mol. The second kappa shape index (κ2) is 10.8. The Labute approximate surface area is 247 Å². The van der Waals surface area contributed by atoms with Gasteiger partial charge in [-0.15, -0.1) is 0 Å². The summed E-state index contributed by atoms with van der Waals surface area (Å²) in [4.78, 5) is 42.1. The number of ketones is 1. The lowest BCUT2D eigenvalue weighted by molar-refractivity contribution is -0.117. The number of carbonyl (C=O) groups excluding carboxylic acids is 2. The zero-order valence-corrected chi connectivity index (χ0v) is 25.1. The lowest BCUT2D eigenvalue weighted by Gasteiger charge is -2.24. The molecule has 0 radical (unpaired) electrons. The van der Waals surface area contributed by atoms with Crippen LogP contribution in [0.1, 0.15) is 53.7 Å². The van der Waals surface area contributed by atoms with Crippen molar-refractivity contribution in [2.75, 3.05) is 45.2 Å². The summed E-state index contributed by atoms with van der Waals surface area (Å²) >= 11 is 2.23. The second-order valence-corrected chi connectivity index (χ2v) is 12.9. The minimum Gasteiger partial charge on any atom is -0.508 e. The van der Waals surface area contributed by atoms with Crippen molar-refractivity contribution in [3.63, 3.8) is 0 Å². The van der Waals surface area contributed by atoms with Gasteiger partial charge in [0.1, 0.15) is 11.6 Å². The lowest BCUT2D eigenvalue weighted by Crippen LogP contribution is -2.31. The second-order valence-electron chi connectivity index (χ2n) is 11.7. The molecule has 2 aromatic carbocycles. The van der Waals surface area contributed by atoms with Gasteiger partial charge in [-0.2, -0.15) is 9.97 Å². The fourth-order valence-corrected chi connectivity index (χ4v) is 6.79. The van der Waals surface area contributed by atoms with E-state index >= 15 is 0 Å². The summed E-state index contributed by atoms with van der Waals surface area (Å²) in [5.74, 6) is 0.771. The first-order chi connectivity index (χ1) is 19.2. The Morgan fingerprint density at radius 3 is 2.75 bits per heavy atom. The molecule has 1 saturated carbocycles. The molecule has 210 valence electrons. The number of aromatic hydroxyl groups is 1. The molecule has 1 aliphatic carbocycles. The number of benzene rings is 2. The van der Waals surface area contributed by atoms with Gasteiger partial charge in [0.15, 0.2) is 5.78 Å². The molecule has 3 aliphatic rings. The van der Waals surface area contributed by atoms with Crippen molar-refractivity contribution in [1.29, 1.82) is 0 Å². The number of amides is 1. The summed E-state index contributed by atoms with van der Waals surface area (Å²) in [7, 11) is 4.14. The van der Waals surface area contributed by atoms with Crippen LogP contribution in [-0.2, 0) is 17.9 Å². The van der Waals surface area contributed by atoms with Gasteiger partial charge in [-0.3, -0.25) is 9.59 Å². The predicted molar refractivity (Wildman–Crippen MR) is 161 cm³/mol. The van der Waals surface area contributed by atoms with E-state index in [1.54, 1.807) is 17.0 Å². The van der Waals surface area contributed by atoms with Gasteiger partial charge in [0.05, 0.1) is 37.5 Å². The van der Waals surface area contributed by atoms with E-state index in [0.717, 1.165) is 64.4 Å². The number of halogens is 1. The molecule has 0 atom stereocenters. The fraction of sp³-hybridized carbons (Fsp3) is 0.467. The number of aromatic nitrogens is 2. The number of hydrogen-bond donors (Lipinski definition) is 1. The molecule has 2 aliphatic heterocycles. The summed E-state index contributed by atoms with van der Waals surface area (Å²) in [5.41, 5.74) is 2.20. The number of rotatable bonds is 7. The van der Waals surface area contributed by atoms with E-state index in [0.29, 0.717) is 50.1 Å². The Morgan fingerprint density at radius 1 is 1.15 bits per heavy atom. The first kappa shape index (κ1) is 27.2. The van der Waals surface area contributed by atoms with Crippen LogP contribution in [-0.4, -0.2) is 76.9 Å². The van der Waals surface area contributed by atoms with Gasteiger partial charge in [0.25, 0.3) is 5.91 Å². The topological polar surface area (TPSA) is 99.1 Å². The number of anilines is 1. The molecule has 6 rings (SSSR count). The Bertz CT molecular complexity index is 1490. The maximum Gasteiger partial charge on any atom is 0.318 e. The molecule has 9 nitrogen and oxygen atoms in total. The predicted octanol–water partition coefficient (Wildman–Crippen LogP) is 4.38. The maximum atomic E-state index is 13.9. The van der Waals surface area contributed by atoms with Gasteiger partial charge in [-0.25, -0.2) is 0 Å². The van der Waals surface area contributed by atoms with Crippen molar-refractivity contribution in [3.05, 3.63) is 50.7 Å². The summed E-state index contributed by atoms with van der Waals surface area (Å²) in [6.07, 6.45) is 4.58. The van der Waals surface area contributed by atoms with Crippen LogP contribution in [0.4, 0.5) is 5.82 Å². The van der Waals surface area contributed by atoms with E-state index in [2.05, 4.69) is 41.6 Å². The van der Waals surface area contributed by atoms with Crippen molar-refractivity contribution in [2.24, 2.45) is 5.41 Å². The zero-order chi connectivity index (χ0) is 28.0. The van der Waals surface area contributed by atoms with Crippen LogP contribution < -0.4 is 9.64 Å². The van der Waals surface area contributed by atoms with Crippen molar-refractivity contribution in [1.82, 2.24) is 19.8 Å². The van der Waals surface area contributed by atoms with E-state index in [1.165, 1.54) is 0 Å². The molecule has 10 heteroatoms. The minimum atomic E-state index is -0.175. The van der Waals surface area contributed by atoms with E-state index in [1.807, 2.05) is 23.1 Å². The Morgan fingerprint density at radius 2 is 1.98 bits per heavy atom. The first-order valence-corrected chi connectivity index (χ1v) is 14.9. The molecular formula is C30H34IN5O4. The molecule has 0 spiro atoms. The third-order valence-electron chi connectivity index (χ3n) is 8.09. The third-order valence-corrected chi connectivity index (χ3v) is 8.98. The van der Waals surface area contributed by atoms with Crippen LogP contribution in [0.2, 0.25) is 0 Å². The van der Waals surface area contributed by atoms with Crippen LogP contribution in [0.3, 0.4) is 0 Å². The van der Waals surface area contributed by atoms with Gasteiger partial charge < -0.3 is 24.5 Å². The van der Waals surface area contributed by atoms with Gasteiger partial charge in [-0.05, 0) is 86.0 Å². The van der Waals surface area contributed by atoms with Crippen molar-refractivity contribution in [2.45, 2.75) is 45.2 Å². The van der Waals surface area contributed by atoms with Gasteiger partial charge in [0.2, 0.25) is 0 Å². The average Bonchev–Trinajstić information content (AvgIpc) is 3.59. The molecule has 1 saturated heterocycles. The molecule has 1 N–H and O–H groups in total. The first-order valence-electron chi connectivity index (χ1n) is 13.9. The Hall–Kier alpha value is -2.99. The smallest absolute Gasteiger partial charge is 0.318 e. The summed E-state index contributed by atoms with van der Waals surface area (Å²) < 4.78 is 7.17. The molecular weight excluding hydrogens is 621 g/mol. The number of hydrogen-bond acceptors (Lipinski definition) is 8. The van der Waals surface area contributed by atoms with E-state index in [9.17, 15) is 14.7 Å². The summed E-state index contributed by atoms with van der Waals surface area (Å²) in [5, 5.41) is 12.0. The number of phenols is 1. The van der Waals surface area contributed by atoms with Crippen LogP contribution in [0.5, 0.6) is 11.8 Å². The van der Waals surface area contributed by atoms with Gasteiger partial charge in [-0.1, -0.05) is 12.1 Å². The molecule has 3 heterocycles. The quantitative estimate of drug-likeness (QED) is 0.375. The van der Waals surface area contributed by atoms with E-state index < -0.39 is 0 Å². The highest BCUT2D eigenvalue weighted by atomic mass is 127. The third kappa shape index (κ3) is 5.47. The number of phenolic OH excluding ortho intramolecular Hbond substituents is 1. The highest BCUT2D eigenvalue weighted by Crippen LogP contribution is 2.46.